The quantitative estimate of drug-likeness (QED) is 0.702. The molecule has 2 amide bonds. The second-order valence-corrected chi connectivity index (χ2v) is 7.96. The second kappa shape index (κ2) is 13.4. The minimum atomic E-state index is -1.18. The summed E-state index contributed by atoms with van der Waals surface area (Å²) >= 11 is 0. The fourth-order valence-corrected chi connectivity index (χ4v) is 3.68. The Kier molecular flexibility index (Phi) is 10.9. The number of aliphatic hydroxyl groups excluding tert-OH is 2. The Morgan fingerprint density at radius 2 is 1.78 bits per heavy atom. The van der Waals surface area contributed by atoms with Gasteiger partial charge in [0.2, 0.25) is 5.91 Å². The molecule has 0 unspecified atom stereocenters. The molecule has 1 aromatic rings. The first kappa shape index (κ1) is 26.1. The first-order valence-electron chi connectivity index (χ1n) is 11.0. The molecular weight excluding hydrogens is 416 g/mol. The Morgan fingerprint density at radius 1 is 1.06 bits per heavy atom. The number of hydrogen-bond donors (Lipinski definition) is 2. The van der Waals surface area contributed by atoms with Crippen LogP contribution in [0.1, 0.15) is 36.5 Å². The van der Waals surface area contributed by atoms with Gasteiger partial charge in [0.1, 0.15) is 24.1 Å². The number of nitrogens with zero attached hydrogens (tertiary/aromatic N) is 2. The number of rotatable bonds is 3. The molecule has 1 aliphatic rings. The summed E-state index contributed by atoms with van der Waals surface area (Å²) in [5.74, 6) is 0.358. The third-order valence-corrected chi connectivity index (χ3v) is 5.64. The predicted octanol–water partition coefficient (Wildman–Crippen LogP) is 0.923. The van der Waals surface area contributed by atoms with Gasteiger partial charge in [0.05, 0.1) is 13.7 Å². The zero-order valence-electron chi connectivity index (χ0n) is 19.2. The van der Waals surface area contributed by atoms with Crippen molar-refractivity contribution in [1.29, 1.82) is 0 Å². The molecule has 0 saturated carbocycles. The molecule has 1 aromatic carbocycles. The highest BCUT2D eigenvalue weighted by molar-refractivity contribution is 5.94. The first-order valence-corrected chi connectivity index (χ1v) is 11.0. The van der Waals surface area contributed by atoms with Gasteiger partial charge in [-0.3, -0.25) is 9.59 Å². The largest absolute Gasteiger partial charge is 0.497 e. The van der Waals surface area contributed by atoms with E-state index in [1.807, 2.05) is 0 Å². The minimum absolute atomic E-state index is 0.0342. The Hall–Kier alpha value is -2.20. The highest BCUT2D eigenvalue weighted by Crippen LogP contribution is 2.16. The molecule has 0 aliphatic carbocycles. The molecular formula is C23H36N2O7. The van der Waals surface area contributed by atoms with Crippen molar-refractivity contribution in [2.24, 2.45) is 0 Å². The summed E-state index contributed by atoms with van der Waals surface area (Å²) in [5.41, 5.74) is 0.549. The zero-order chi connectivity index (χ0) is 23.5. The van der Waals surface area contributed by atoms with Crippen molar-refractivity contribution in [2.45, 2.75) is 44.5 Å². The second-order valence-electron chi connectivity index (χ2n) is 7.96. The third kappa shape index (κ3) is 7.74. The average molecular weight is 453 g/mol. The van der Waals surface area contributed by atoms with Gasteiger partial charge in [-0.25, -0.2) is 0 Å². The van der Waals surface area contributed by atoms with Crippen LogP contribution in [0, 0.1) is 0 Å². The van der Waals surface area contributed by atoms with E-state index in [1.165, 1.54) is 14.0 Å². The highest BCUT2D eigenvalue weighted by Gasteiger charge is 2.29. The summed E-state index contributed by atoms with van der Waals surface area (Å²) in [4.78, 5) is 28.6. The van der Waals surface area contributed by atoms with Crippen LogP contribution < -0.4 is 4.74 Å². The van der Waals surface area contributed by atoms with Crippen LogP contribution in [0.5, 0.6) is 5.75 Å². The number of aliphatic hydroxyl groups is 2. The van der Waals surface area contributed by atoms with E-state index >= 15 is 0 Å². The van der Waals surface area contributed by atoms with Crippen molar-refractivity contribution in [1.82, 2.24) is 9.80 Å². The molecule has 1 saturated heterocycles. The van der Waals surface area contributed by atoms with E-state index in [0.29, 0.717) is 50.4 Å². The van der Waals surface area contributed by atoms with Gasteiger partial charge in [-0.1, -0.05) is 6.07 Å². The van der Waals surface area contributed by atoms with Gasteiger partial charge < -0.3 is 34.2 Å². The average Bonchev–Trinajstić information content (AvgIpc) is 2.80. The van der Waals surface area contributed by atoms with Gasteiger partial charge in [-0.2, -0.15) is 0 Å². The minimum Gasteiger partial charge on any atom is -0.497 e. The highest BCUT2D eigenvalue weighted by atomic mass is 16.5. The number of amides is 2. The molecule has 2 N–H and O–H groups in total. The smallest absolute Gasteiger partial charge is 0.253 e. The third-order valence-electron chi connectivity index (χ3n) is 5.64. The Morgan fingerprint density at radius 3 is 2.47 bits per heavy atom. The van der Waals surface area contributed by atoms with Crippen LogP contribution in [-0.4, -0.2) is 104 Å². The molecule has 3 atom stereocenters. The first-order chi connectivity index (χ1) is 15.4. The number of carbonyl (C=O) groups is 2. The summed E-state index contributed by atoms with van der Waals surface area (Å²) in [6.45, 7) is 3.38. The van der Waals surface area contributed by atoms with Gasteiger partial charge in [-0.05, 0) is 37.5 Å². The molecule has 0 aromatic heterocycles. The van der Waals surface area contributed by atoms with Crippen LogP contribution >= 0.6 is 0 Å². The topological polar surface area (TPSA) is 109 Å². The molecule has 0 spiro atoms. The summed E-state index contributed by atoms with van der Waals surface area (Å²) < 4.78 is 16.1. The normalized spacial score (nSPS) is 24.3. The van der Waals surface area contributed by atoms with Crippen molar-refractivity contribution >= 4 is 11.8 Å². The molecule has 32 heavy (non-hydrogen) atoms. The fourth-order valence-electron chi connectivity index (χ4n) is 3.68. The Labute approximate surface area is 189 Å². The fraction of sp³-hybridized carbons (Fsp3) is 0.652. The monoisotopic (exact) mass is 452 g/mol. The molecule has 9 heteroatoms. The summed E-state index contributed by atoms with van der Waals surface area (Å²) in [7, 11) is 2.99. The van der Waals surface area contributed by atoms with Gasteiger partial charge in [0.25, 0.3) is 5.91 Å². The van der Waals surface area contributed by atoms with E-state index < -0.39 is 18.3 Å². The van der Waals surface area contributed by atoms with Gasteiger partial charge in [-0.15, -0.1) is 0 Å². The number of carbonyl (C=O) groups excluding carboxylic acids is 2. The van der Waals surface area contributed by atoms with E-state index in [9.17, 15) is 19.8 Å². The maximum absolute atomic E-state index is 13.1. The van der Waals surface area contributed by atoms with E-state index in [2.05, 4.69) is 0 Å². The summed E-state index contributed by atoms with van der Waals surface area (Å²) in [5, 5.41) is 20.7. The number of hydrogen-bond acceptors (Lipinski definition) is 7. The molecule has 9 nitrogen and oxygen atoms in total. The Balaban J connectivity index is 2.15. The molecule has 1 heterocycles. The van der Waals surface area contributed by atoms with Crippen LogP contribution in [0.25, 0.3) is 0 Å². The number of benzene rings is 1. The standard InChI is InChI=1S/C23H36N2O7/c1-17(26)25-12-7-11-24(23(29)18-8-6-9-19(14-18)30-2)10-4-5-13-32-16-20(27)22(28)21(15-25)31-3/h6,8-9,14,20-22,27-28H,4-5,7,10-13,15-16H2,1-3H3/t20-,21-,22-/m0/s1. The maximum Gasteiger partial charge on any atom is 0.253 e. The van der Waals surface area contributed by atoms with Crippen LogP contribution in [-0.2, 0) is 14.3 Å². The van der Waals surface area contributed by atoms with Crippen LogP contribution in [0.3, 0.4) is 0 Å². The van der Waals surface area contributed by atoms with E-state index in [0.717, 1.165) is 6.42 Å². The molecule has 0 radical (unpaired) electrons. The van der Waals surface area contributed by atoms with Crippen molar-refractivity contribution in [3.8, 4) is 5.75 Å². The maximum atomic E-state index is 13.1. The lowest BCUT2D eigenvalue weighted by molar-refractivity contribution is -0.136. The van der Waals surface area contributed by atoms with E-state index in [4.69, 9.17) is 14.2 Å². The van der Waals surface area contributed by atoms with Crippen LogP contribution in [0.2, 0.25) is 0 Å². The molecule has 180 valence electrons. The van der Waals surface area contributed by atoms with Crippen LogP contribution in [0.15, 0.2) is 24.3 Å². The molecule has 1 aliphatic heterocycles. The predicted molar refractivity (Wildman–Crippen MR) is 119 cm³/mol. The van der Waals surface area contributed by atoms with Crippen molar-refractivity contribution in [3.63, 3.8) is 0 Å². The van der Waals surface area contributed by atoms with Crippen molar-refractivity contribution in [2.75, 3.05) is 53.6 Å². The van der Waals surface area contributed by atoms with E-state index in [1.54, 1.807) is 41.2 Å². The van der Waals surface area contributed by atoms with Gasteiger partial charge in [0.15, 0.2) is 0 Å². The molecule has 1 fully saturated rings. The van der Waals surface area contributed by atoms with E-state index in [-0.39, 0.29) is 25.0 Å². The SMILES string of the molecule is COc1cccc(C(=O)N2CCCCOC[C@H](O)[C@H](O)[C@@H](OC)CN(C(C)=O)CCC2)c1. The van der Waals surface area contributed by atoms with Crippen molar-refractivity contribution < 1.29 is 34.0 Å². The van der Waals surface area contributed by atoms with Crippen LogP contribution in [0.4, 0.5) is 0 Å². The summed E-state index contributed by atoms with van der Waals surface area (Å²) in [6.07, 6.45) is -1.05. The Bertz CT molecular complexity index is 730. The lowest BCUT2D eigenvalue weighted by Crippen LogP contribution is -2.48. The lowest BCUT2D eigenvalue weighted by atomic mass is 10.1. The molecule has 0 bridgehead atoms. The van der Waals surface area contributed by atoms with Gasteiger partial charge in [0, 0.05) is 52.4 Å². The zero-order valence-corrected chi connectivity index (χ0v) is 19.2. The van der Waals surface area contributed by atoms with Gasteiger partial charge >= 0.3 is 0 Å². The molecule has 2 rings (SSSR count). The van der Waals surface area contributed by atoms with Crippen molar-refractivity contribution in [3.05, 3.63) is 29.8 Å². The lowest BCUT2D eigenvalue weighted by Gasteiger charge is -2.31. The number of methoxy groups -OCH3 is 2. The summed E-state index contributed by atoms with van der Waals surface area (Å²) in [6, 6.07) is 7.05. The number of ether oxygens (including phenoxy) is 3.